The minimum atomic E-state index is -2.81. The molecule has 9 heteroatoms. The summed E-state index contributed by atoms with van der Waals surface area (Å²) in [6.45, 7) is 5.93. The third-order valence-corrected chi connectivity index (χ3v) is 6.33. The van der Waals surface area contributed by atoms with Crippen LogP contribution in [0.15, 0.2) is 35.6 Å². The smallest absolute Gasteiger partial charge is 0.281 e. The Balaban J connectivity index is 1.37. The first-order chi connectivity index (χ1) is 15.3. The highest BCUT2D eigenvalue weighted by Gasteiger charge is 2.50. The molecule has 2 fully saturated rings. The number of hydrogen-bond acceptors (Lipinski definition) is 6. The molecule has 0 spiro atoms. The van der Waals surface area contributed by atoms with E-state index in [-0.39, 0.29) is 18.5 Å². The van der Waals surface area contributed by atoms with Crippen LogP contribution in [0.4, 0.5) is 20.4 Å². The molecule has 5 rings (SSSR count). The molecular formula is C23H27F2N7. The molecule has 1 N–H and O–H groups in total. The first kappa shape index (κ1) is 20.9. The number of aliphatic imine (C=N–C) groups is 1. The van der Waals surface area contributed by atoms with Gasteiger partial charge < -0.3 is 5.32 Å². The molecule has 3 aromatic heterocycles. The molecule has 0 aromatic carbocycles. The number of hydrogen-bond donors (Lipinski definition) is 1. The van der Waals surface area contributed by atoms with Crippen molar-refractivity contribution in [3.8, 4) is 11.3 Å². The summed E-state index contributed by atoms with van der Waals surface area (Å²) >= 11 is 0. The van der Waals surface area contributed by atoms with E-state index in [9.17, 15) is 8.78 Å². The predicted molar refractivity (Wildman–Crippen MR) is 121 cm³/mol. The number of halogens is 2. The van der Waals surface area contributed by atoms with E-state index in [2.05, 4.69) is 25.4 Å². The zero-order valence-corrected chi connectivity index (χ0v) is 18.5. The second kappa shape index (κ2) is 7.88. The Morgan fingerprint density at radius 2 is 2.03 bits per heavy atom. The average molecular weight is 440 g/mol. The van der Waals surface area contributed by atoms with E-state index in [1.807, 2.05) is 43.9 Å². The van der Waals surface area contributed by atoms with Gasteiger partial charge in [-0.25, -0.2) is 18.3 Å². The lowest BCUT2D eigenvalue weighted by molar-refractivity contribution is -0.00421. The molecule has 168 valence electrons. The lowest BCUT2D eigenvalue weighted by atomic mass is 9.92. The normalized spacial score (nSPS) is 21.0. The Kier molecular flexibility index (Phi) is 5.16. The van der Waals surface area contributed by atoms with Crippen molar-refractivity contribution in [1.82, 2.24) is 24.5 Å². The first-order valence-corrected chi connectivity index (χ1v) is 11.0. The molecule has 0 amide bonds. The molecule has 0 radical (unpaired) electrons. The summed E-state index contributed by atoms with van der Waals surface area (Å²) in [6, 6.07) is 5.07. The summed E-state index contributed by atoms with van der Waals surface area (Å²) < 4.78 is 30.8. The quantitative estimate of drug-likeness (QED) is 0.593. The van der Waals surface area contributed by atoms with Gasteiger partial charge in [0.1, 0.15) is 6.04 Å². The van der Waals surface area contributed by atoms with Crippen LogP contribution in [-0.2, 0) is 0 Å². The van der Waals surface area contributed by atoms with Crippen LogP contribution in [0.2, 0.25) is 0 Å². The van der Waals surface area contributed by atoms with Crippen LogP contribution in [0.25, 0.3) is 16.8 Å². The zero-order chi connectivity index (χ0) is 22.5. The van der Waals surface area contributed by atoms with E-state index in [1.165, 1.54) is 0 Å². The molecule has 1 unspecified atom stereocenters. The minimum absolute atomic E-state index is 0.201. The van der Waals surface area contributed by atoms with E-state index >= 15 is 0 Å². The number of pyridine rings is 1. The van der Waals surface area contributed by atoms with Crippen LogP contribution < -0.4 is 5.32 Å². The van der Waals surface area contributed by atoms with E-state index in [1.54, 1.807) is 16.9 Å². The van der Waals surface area contributed by atoms with Crippen LogP contribution >= 0.6 is 0 Å². The van der Waals surface area contributed by atoms with E-state index in [0.717, 1.165) is 53.1 Å². The summed E-state index contributed by atoms with van der Waals surface area (Å²) in [7, 11) is 0. The number of fused-ring (bicyclic) bond motifs is 1. The molecule has 32 heavy (non-hydrogen) atoms. The van der Waals surface area contributed by atoms with Crippen LogP contribution in [0.3, 0.4) is 0 Å². The molecule has 1 aliphatic heterocycles. The van der Waals surface area contributed by atoms with Gasteiger partial charge in [0, 0.05) is 30.1 Å². The highest BCUT2D eigenvalue weighted by molar-refractivity contribution is 5.83. The van der Waals surface area contributed by atoms with Crippen molar-refractivity contribution in [1.29, 1.82) is 0 Å². The number of nitrogens with one attached hydrogen (secondary N) is 1. The Labute approximate surface area is 185 Å². The molecule has 1 atom stereocenters. The molecule has 3 aromatic rings. The lowest BCUT2D eigenvalue weighted by Gasteiger charge is -2.34. The maximum absolute atomic E-state index is 14.6. The van der Waals surface area contributed by atoms with Gasteiger partial charge in [0.05, 0.1) is 35.3 Å². The standard InChI is InChI=1S/C23H27F2N7/c1-14(2)27-18-7-8-19(28-15(18)3)17-9-10-32-20(17)11-26-22(30-32)29-21-12-31(13-23(21,24)25)16-5-4-6-16/h7-11,16,21H,4-6,12-13H2,1-3H3,(H,29,30). The number of anilines is 1. The number of nitrogens with zero attached hydrogens (tertiary/aromatic N) is 6. The summed E-state index contributed by atoms with van der Waals surface area (Å²) in [5, 5.41) is 7.30. The molecule has 0 bridgehead atoms. The molecule has 2 aliphatic rings. The van der Waals surface area contributed by atoms with Crippen molar-refractivity contribution < 1.29 is 8.78 Å². The Bertz CT molecular complexity index is 1180. The third-order valence-electron chi connectivity index (χ3n) is 6.33. The summed E-state index contributed by atoms with van der Waals surface area (Å²) in [6.07, 6.45) is 6.60. The highest BCUT2D eigenvalue weighted by atomic mass is 19.3. The fraction of sp³-hybridized carbons (Fsp3) is 0.478. The SMILES string of the molecule is CC(C)=Nc1ccc(-c2ccn3nc(NC4CN(C5CCC5)CC4(F)F)ncc23)nc1C. The zero-order valence-electron chi connectivity index (χ0n) is 18.5. The topological polar surface area (TPSA) is 70.7 Å². The van der Waals surface area contributed by atoms with Crippen molar-refractivity contribution in [2.24, 2.45) is 4.99 Å². The van der Waals surface area contributed by atoms with Gasteiger partial charge in [-0.15, -0.1) is 5.10 Å². The average Bonchev–Trinajstić information content (AvgIpc) is 3.22. The summed E-state index contributed by atoms with van der Waals surface area (Å²) in [4.78, 5) is 15.4. The maximum Gasteiger partial charge on any atom is 0.281 e. The van der Waals surface area contributed by atoms with Crippen LogP contribution in [0.5, 0.6) is 0 Å². The second-order valence-electron chi connectivity index (χ2n) is 8.97. The fourth-order valence-corrected chi connectivity index (χ4v) is 4.40. The number of likely N-dealkylation sites (tertiary alicyclic amines) is 1. The lowest BCUT2D eigenvalue weighted by Crippen LogP contribution is -2.39. The molecule has 4 heterocycles. The van der Waals surface area contributed by atoms with E-state index in [0.29, 0.717) is 6.54 Å². The van der Waals surface area contributed by atoms with Gasteiger partial charge in [0.2, 0.25) is 5.95 Å². The van der Waals surface area contributed by atoms with Gasteiger partial charge in [-0.1, -0.05) is 6.42 Å². The van der Waals surface area contributed by atoms with Crippen molar-refractivity contribution >= 4 is 22.9 Å². The van der Waals surface area contributed by atoms with Gasteiger partial charge in [0.25, 0.3) is 5.92 Å². The second-order valence-corrected chi connectivity index (χ2v) is 8.97. The van der Waals surface area contributed by atoms with Gasteiger partial charge in [-0.05, 0) is 51.8 Å². The molecule has 1 saturated carbocycles. The van der Waals surface area contributed by atoms with Crippen molar-refractivity contribution in [3.05, 3.63) is 36.3 Å². The molecular weight excluding hydrogens is 412 g/mol. The predicted octanol–water partition coefficient (Wildman–Crippen LogP) is 4.50. The molecule has 1 saturated heterocycles. The number of aromatic nitrogens is 4. The minimum Gasteiger partial charge on any atom is -0.343 e. The number of alkyl halides is 2. The first-order valence-electron chi connectivity index (χ1n) is 11.0. The van der Waals surface area contributed by atoms with Gasteiger partial charge in [0.15, 0.2) is 0 Å². The highest BCUT2D eigenvalue weighted by Crippen LogP contribution is 2.36. The van der Waals surface area contributed by atoms with Crippen molar-refractivity contribution in [2.75, 3.05) is 18.4 Å². The Hall–Kier alpha value is -2.94. The fourth-order valence-electron chi connectivity index (χ4n) is 4.40. The maximum atomic E-state index is 14.6. The van der Waals surface area contributed by atoms with Crippen molar-refractivity contribution in [3.63, 3.8) is 0 Å². The van der Waals surface area contributed by atoms with Gasteiger partial charge in [-0.3, -0.25) is 14.9 Å². The van der Waals surface area contributed by atoms with Crippen LogP contribution in [0, 0.1) is 6.92 Å². The Morgan fingerprint density at radius 1 is 1.22 bits per heavy atom. The summed E-state index contributed by atoms with van der Waals surface area (Å²) in [5.41, 5.74) is 5.08. The van der Waals surface area contributed by atoms with E-state index < -0.39 is 12.0 Å². The molecule has 7 nitrogen and oxygen atoms in total. The van der Waals surface area contributed by atoms with Crippen molar-refractivity contribution in [2.45, 2.75) is 58.0 Å². The molecule has 1 aliphatic carbocycles. The Morgan fingerprint density at radius 3 is 2.72 bits per heavy atom. The van der Waals surface area contributed by atoms with Gasteiger partial charge in [-0.2, -0.15) is 0 Å². The number of rotatable bonds is 5. The number of aryl methyl sites for hydroxylation is 1. The monoisotopic (exact) mass is 439 g/mol. The third kappa shape index (κ3) is 3.85. The van der Waals surface area contributed by atoms with Gasteiger partial charge >= 0.3 is 0 Å². The van der Waals surface area contributed by atoms with E-state index in [4.69, 9.17) is 0 Å². The van der Waals surface area contributed by atoms with Crippen LogP contribution in [-0.4, -0.2) is 61.3 Å². The largest absolute Gasteiger partial charge is 0.343 e. The summed E-state index contributed by atoms with van der Waals surface area (Å²) in [5.74, 6) is -2.61. The van der Waals surface area contributed by atoms with Crippen LogP contribution in [0.1, 0.15) is 38.8 Å².